The van der Waals surface area contributed by atoms with Gasteiger partial charge in [0.1, 0.15) is 5.75 Å². The van der Waals surface area contributed by atoms with E-state index in [0.29, 0.717) is 0 Å². The zero-order chi connectivity index (χ0) is 26.4. The predicted molar refractivity (Wildman–Crippen MR) is 98.4 cm³/mol. The Morgan fingerprint density at radius 3 is 2.03 bits per heavy atom. The van der Waals surface area contributed by atoms with E-state index in [9.17, 15) is 48.7 Å². The fraction of sp³-hybridized carbons (Fsp3) is 0.444. The molecule has 1 rings (SSSR count). The Morgan fingerprint density at radius 2 is 1.56 bits per heavy atom. The van der Waals surface area contributed by atoms with Crippen LogP contribution in [0.25, 0.3) is 0 Å². The van der Waals surface area contributed by atoms with Crippen molar-refractivity contribution in [1.82, 2.24) is 0 Å². The van der Waals surface area contributed by atoms with Gasteiger partial charge in [0.15, 0.2) is 0 Å². The van der Waals surface area contributed by atoms with Crippen molar-refractivity contribution in [3.8, 4) is 5.75 Å². The molecule has 1 aromatic rings. The molecular weight excluding hydrogens is 509 g/mol. The highest BCUT2D eigenvalue weighted by atomic mass is 32.2. The SMILES string of the molecule is C=CC(=O)OC(OCCCCC(F)(F)C(F)(F)S(=O)(=O)O)(C(=O)Oc1ccccc1)C(F)(F)F. The summed E-state index contributed by atoms with van der Waals surface area (Å²) in [5, 5.41) is -5.87. The van der Waals surface area contributed by atoms with Gasteiger partial charge in [-0.2, -0.15) is 39.2 Å². The third kappa shape index (κ3) is 6.66. The number of hydrogen-bond donors (Lipinski definition) is 1. The van der Waals surface area contributed by atoms with E-state index in [4.69, 9.17) is 4.55 Å². The molecule has 0 amide bonds. The van der Waals surface area contributed by atoms with Crippen LogP contribution in [-0.4, -0.2) is 54.7 Å². The van der Waals surface area contributed by atoms with Crippen molar-refractivity contribution in [2.75, 3.05) is 6.61 Å². The highest BCUT2D eigenvalue weighted by Gasteiger charge is 2.68. The summed E-state index contributed by atoms with van der Waals surface area (Å²) in [5.41, 5.74) is 0. The molecule has 0 aliphatic heterocycles. The summed E-state index contributed by atoms with van der Waals surface area (Å²) >= 11 is 0. The number of halogens is 7. The zero-order valence-corrected chi connectivity index (χ0v) is 17.7. The number of benzene rings is 1. The zero-order valence-electron chi connectivity index (χ0n) is 16.9. The Bertz CT molecular complexity index is 980. The molecule has 16 heteroatoms. The Labute approximate surface area is 188 Å². The predicted octanol–water partition coefficient (Wildman–Crippen LogP) is 3.88. The van der Waals surface area contributed by atoms with Crippen molar-refractivity contribution in [2.24, 2.45) is 0 Å². The molecule has 0 saturated heterocycles. The number of alkyl halides is 7. The molecule has 1 N–H and O–H groups in total. The number of ether oxygens (including phenoxy) is 3. The van der Waals surface area contributed by atoms with Crippen LogP contribution in [0, 0.1) is 0 Å². The van der Waals surface area contributed by atoms with Crippen LogP contribution in [-0.2, 0) is 29.2 Å². The summed E-state index contributed by atoms with van der Waals surface area (Å²) in [5.74, 6) is -14.1. The lowest BCUT2D eigenvalue weighted by atomic mass is 10.1. The maximum atomic E-state index is 13.8. The minimum Gasteiger partial charge on any atom is -0.421 e. The molecule has 1 unspecified atom stereocenters. The fourth-order valence-electron chi connectivity index (χ4n) is 2.23. The van der Waals surface area contributed by atoms with Gasteiger partial charge in [-0.3, -0.25) is 4.55 Å². The van der Waals surface area contributed by atoms with Gasteiger partial charge in [-0.1, -0.05) is 24.8 Å². The van der Waals surface area contributed by atoms with E-state index >= 15 is 0 Å². The quantitative estimate of drug-likeness (QED) is 0.0830. The molecule has 34 heavy (non-hydrogen) atoms. The van der Waals surface area contributed by atoms with E-state index in [0.717, 1.165) is 12.1 Å². The third-order valence-electron chi connectivity index (χ3n) is 3.95. The lowest BCUT2D eigenvalue weighted by molar-refractivity contribution is -0.352. The van der Waals surface area contributed by atoms with E-state index in [2.05, 4.69) is 20.8 Å². The van der Waals surface area contributed by atoms with Crippen LogP contribution < -0.4 is 4.74 Å². The van der Waals surface area contributed by atoms with Crippen LogP contribution in [0.4, 0.5) is 30.7 Å². The van der Waals surface area contributed by atoms with Crippen molar-refractivity contribution >= 4 is 22.1 Å². The fourth-order valence-corrected chi connectivity index (χ4v) is 2.71. The van der Waals surface area contributed by atoms with Crippen LogP contribution in [0.2, 0.25) is 0 Å². The maximum absolute atomic E-state index is 13.8. The number of unbranched alkanes of at least 4 members (excludes halogenated alkanes) is 1. The normalized spacial score (nSPS) is 14.7. The van der Waals surface area contributed by atoms with E-state index in [-0.39, 0.29) is 6.08 Å². The number of hydrogen-bond acceptors (Lipinski definition) is 7. The van der Waals surface area contributed by atoms with Crippen molar-refractivity contribution in [2.45, 2.75) is 42.4 Å². The van der Waals surface area contributed by atoms with Gasteiger partial charge >= 0.3 is 45.2 Å². The molecule has 0 heterocycles. The second-order valence-electron chi connectivity index (χ2n) is 6.44. The Morgan fingerprint density at radius 1 is 1.00 bits per heavy atom. The van der Waals surface area contributed by atoms with Crippen LogP contribution in [0.1, 0.15) is 19.3 Å². The molecule has 0 spiro atoms. The molecule has 0 bridgehead atoms. The summed E-state index contributed by atoms with van der Waals surface area (Å²) in [4.78, 5) is 23.8. The molecule has 192 valence electrons. The molecule has 0 aromatic heterocycles. The van der Waals surface area contributed by atoms with Crippen LogP contribution in [0.5, 0.6) is 5.75 Å². The number of carbonyl (C=O) groups excluding carboxylic acids is 2. The summed E-state index contributed by atoms with van der Waals surface area (Å²) in [6, 6.07) is 6.16. The van der Waals surface area contributed by atoms with Gasteiger partial charge in [-0.05, 0) is 25.0 Å². The largest absolute Gasteiger partial charge is 0.468 e. The monoisotopic (exact) mass is 526 g/mol. The molecule has 1 atom stereocenters. The van der Waals surface area contributed by atoms with Gasteiger partial charge in [-0.25, -0.2) is 9.59 Å². The second-order valence-corrected chi connectivity index (χ2v) is 7.91. The second kappa shape index (κ2) is 10.7. The van der Waals surface area contributed by atoms with Crippen molar-refractivity contribution in [1.29, 1.82) is 0 Å². The van der Waals surface area contributed by atoms with E-state index in [1.807, 2.05) is 0 Å². The molecule has 0 radical (unpaired) electrons. The number of esters is 2. The first-order valence-corrected chi connectivity index (χ1v) is 10.4. The molecule has 8 nitrogen and oxygen atoms in total. The molecular formula is C18H17F7O8S. The van der Waals surface area contributed by atoms with Crippen molar-refractivity contribution in [3.05, 3.63) is 43.0 Å². The van der Waals surface area contributed by atoms with Gasteiger partial charge in [0.2, 0.25) is 0 Å². The van der Waals surface area contributed by atoms with Crippen molar-refractivity contribution < 1.29 is 67.5 Å². The van der Waals surface area contributed by atoms with Gasteiger partial charge in [-0.15, -0.1) is 0 Å². The number of para-hydroxylation sites is 1. The Kier molecular flexibility index (Phi) is 9.22. The third-order valence-corrected chi connectivity index (χ3v) is 4.89. The minimum atomic E-state index is -6.49. The van der Waals surface area contributed by atoms with Crippen LogP contribution in [0.15, 0.2) is 43.0 Å². The number of carbonyl (C=O) groups is 2. The Hall–Kier alpha value is -2.72. The van der Waals surface area contributed by atoms with Crippen molar-refractivity contribution in [3.63, 3.8) is 0 Å². The smallest absolute Gasteiger partial charge is 0.421 e. The van der Waals surface area contributed by atoms with E-state index in [1.165, 1.54) is 18.2 Å². The first-order chi connectivity index (χ1) is 15.4. The average Bonchev–Trinajstić information content (AvgIpc) is 2.71. The summed E-state index contributed by atoms with van der Waals surface area (Å²) in [6.45, 7) is 1.61. The molecule has 0 fully saturated rings. The van der Waals surface area contributed by atoms with E-state index < -0.39 is 76.8 Å². The first-order valence-electron chi connectivity index (χ1n) is 8.97. The van der Waals surface area contributed by atoms with Gasteiger partial charge in [0, 0.05) is 12.5 Å². The van der Waals surface area contributed by atoms with E-state index in [1.54, 1.807) is 0 Å². The highest BCUT2D eigenvalue weighted by molar-refractivity contribution is 7.87. The first kappa shape index (κ1) is 29.3. The topological polar surface area (TPSA) is 116 Å². The maximum Gasteiger partial charge on any atom is 0.468 e. The molecule has 0 aliphatic rings. The van der Waals surface area contributed by atoms with Crippen LogP contribution >= 0.6 is 0 Å². The summed E-state index contributed by atoms with van der Waals surface area (Å²) in [6.07, 6.45) is -9.34. The summed E-state index contributed by atoms with van der Waals surface area (Å²) in [7, 11) is -6.49. The number of rotatable bonds is 12. The Balaban J connectivity index is 3.03. The lowest BCUT2D eigenvalue weighted by Crippen LogP contribution is -2.59. The standard InChI is InChI=1S/C18H17F7O8S/c1-2-13(26)33-16(17(21,22)23,14(27)32-12-8-4-3-5-9-12)31-11-7-6-10-15(19,20)18(24,25)34(28,29)30/h2-5,8-9H,1,6-7,10-11H2,(H,28,29,30). The van der Waals surface area contributed by atoms with Gasteiger partial charge < -0.3 is 14.2 Å². The highest BCUT2D eigenvalue weighted by Crippen LogP contribution is 2.42. The molecule has 1 aromatic carbocycles. The summed E-state index contributed by atoms with van der Waals surface area (Å²) < 4.78 is 137. The van der Waals surface area contributed by atoms with Gasteiger partial charge in [0.05, 0.1) is 6.61 Å². The molecule has 0 aliphatic carbocycles. The lowest BCUT2D eigenvalue weighted by Gasteiger charge is -2.32. The van der Waals surface area contributed by atoms with Gasteiger partial charge in [0.25, 0.3) is 0 Å². The average molecular weight is 526 g/mol. The van der Waals surface area contributed by atoms with Crippen LogP contribution in [0.3, 0.4) is 0 Å². The molecule has 0 saturated carbocycles. The minimum absolute atomic E-state index is 0.262.